The van der Waals surface area contributed by atoms with Crippen LogP contribution in [0.25, 0.3) is 0 Å². The maximum atomic E-state index is 12.9. The molecule has 130 valence electrons. The van der Waals surface area contributed by atoms with E-state index in [4.69, 9.17) is 14.2 Å². The first-order chi connectivity index (χ1) is 11.1. The Morgan fingerprint density at radius 2 is 1.39 bits per heavy atom. The number of ether oxygens (including phenoxy) is 3. The molecular weight excluding hydrogens is 294 g/mol. The van der Waals surface area contributed by atoms with Crippen molar-refractivity contribution in [3.05, 3.63) is 17.7 Å². The van der Waals surface area contributed by atoms with Crippen molar-refractivity contribution in [3.63, 3.8) is 0 Å². The summed E-state index contributed by atoms with van der Waals surface area (Å²) in [7, 11) is 4.66. The van der Waals surface area contributed by atoms with Crippen molar-refractivity contribution in [2.75, 3.05) is 34.4 Å². The summed E-state index contributed by atoms with van der Waals surface area (Å²) in [5.74, 6) is 1.51. The molecule has 23 heavy (non-hydrogen) atoms. The highest BCUT2D eigenvalue weighted by molar-refractivity contribution is 5.95. The van der Waals surface area contributed by atoms with Gasteiger partial charge in [-0.2, -0.15) is 0 Å². The third-order valence-corrected chi connectivity index (χ3v) is 3.76. The van der Waals surface area contributed by atoms with Gasteiger partial charge in [0.2, 0.25) is 5.75 Å². The Kier molecular flexibility index (Phi) is 8.30. The number of methoxy groups -OCH3 is 3. The molecule has 0 aliphatic carbocycles. The number of rotatable bonds is 10. The predicted molar refractivity (Wildman–Crippen MR) is 91.8 cm³/mol. The summed E-state index contributed by atoms with van der Waals surface area (Å²) >= 11 is 0. The highest BCUT2D eigenvalue weighted by Crippen LogP contribution is 2.38. The summed E-state index contributed by atoms with van der Waals surface area (Å²) in [6.07, 6.45) is 4.12. The zero-order chi connectivity index (χ0) is 17.2. The topological polar surface area (TPSA) is 48.0 Å². The van der Waals surface area contributed by atoms with Crippen LogP contribution >= 0.6 is 0 Å². The van der Waals surface area contributed by atoms with E-state index in [0.29, 0.717) is 22.8 Å². The Bertz CT molecular complexity index is 469. The van der Waals surface area contributed by atoms with Gasteiger partial charge in [0.1, 0.15) is 0 Å². The highest BCUT2D eigenvalue weighted by Gasteiger charge is 2.20. The second-order valence-corrected chi connectivity index (χ2v) is 5.41. The third-order valence-electron chi connectivity index (χ3n) is 3.76. The second-order valence-electron chi connectivity index (χ2n) is 5.41. The molecule has 0 radical (unpaired) electrons. The summed E-state index contributed by atoms with van der Waals surface area (Å²) in [6, 6.07) is 3.43. The standard InChI is InChI=1S/C18H29NO4/c1-6-8-10-19(11-9-7-2)18(20)14-12-15(21-3)17(23-5)16(13-14)22-4/h12-13H,6-11H2,1-5H3. The van der Waals surface area contributed by atoms with E-state index < -0.39 is 0 Å². The third kappa shape index (κ3) is 5.05. The van der Waals surface area contributed by atoms with Crippen LogP contribution in [-0.2, 0) is 0 Å². The summed E-state index contributed by atoms with van der Waals surface area (Å²) in [6.45, 7) is 5.79. The predicted octanol–water partition coefficient (Wildman–Crippen LogP) is 3.75. The van der Waals surface area contributed by atoms with Gasteiger partial charge in [0, 0.05) is 18.7 Å². The molecule has 1 rings (SSSR count). The van der Waals surface area contributed by atoms with E-state index in [-0.39, 0.29) is 5.91 Å². The van der Waals surface area contributed by atoms with Gasteiger partial charge < -0.3 is 19.1 Å². The molecule has 1 aromatic rings. The zero-order valence-electron chi connectivity index (χ0n) is 15.0. The number of hydrogen-bond donors (Lipinski definition) is 0. The molecule has 0 spiro atoms. The summed E-state index contributed by atoms with van der Waals surface area (Å²) in [5, 5.41) is 0. The molecule has 1 amide bonds. The fraction of sp³-hybridized carbons (Fsp3) is 0.611. The Hall–Kier alpha value is -1.91. The van der Waals surface area contributed by atoms with Gasteiger partial charge in [-0.3, -0.25) is 4.79 Å². The lowest BCUT2D eigenvalue weighted by Crippen LogP contribution is -2.33. The zero-order valence-corrected chi connectivity index (χ0v) is 15.0. The van der Waals surface area contributed by atoms with E-state index in [1.165, 1.54) is 0 Å². The molecule has 1 aromatic carbocycles. The smallest absolute Gasteiger partial charge is 0.254 e. The first-order valence-electron chi connectivity index (χ1n) is 8.22. The number of carbonyl (C=O) groups is 1. The van der Waals surface area contributed by atoms with Crippen molar-refractivity contribution in [2.45, 2.75) is 39.5 Å². The second kappa shape index (κ2) is 9.98. The van der Waals surface area contributed by atoms with E-state index in [0.717, 1.165) is 38.8 Å². The van der Waals surface area contributed by atoms with Crippen LogP contribution in [-0.4, -0.2) is 45.2 Å². The van der Waals surface area contributed by atoms with Gasteiger partial charge in [-0.15, -0.1) is 0 Å². The number of carbonyl (C=O) groups excluding carboxylic acids is 1. The maximum Gasteiger partial charge on any atom is 0.254 e. The molecule has 0 fully saturated rings. The van der Waals surface area contributed by atoms with Crippen LogP contribution in [0.2, 0.25) is 0 Å². The average Bonchev–Trinajstić information content (AvgIpc) is 2.59. The minimum Gasteiger partial charge on any atom is -0.493 e. The monoisotopic (exact) mass is 323 g/mol. The lowest BCUT2D eigenvalue weighted by molar-refractivity contribution is 0.0750. The summed E-state index contributed by atoms with van der Waals surface area (Å²) in [4.78, 5) is 14.8. The first kappa shape index (κ1) is 19.1. The van der Waals surface area contributed by atoms with Gasteiger partial charge in [-0.05, 0) is 25.0 Å². The highest BCUT2D eigenvalue weighted by atomic mass is 16.5. The van der Waals surface area contributed by atoms with Crippen molar-refractivity contribution < 1.29 is 19.0 Å². The van der Waals surface area contributed by atoms with Gasteiger partial charge in [0.25, 0.3) is 5.91 Å². The molecule has 5 nitrogen and oxygen atoms in total. The van der Waals surface area contributed by atoms with Crippen LogP contribution < -0.4 is 14.2 Å². The fourth-order valence-corrected chi connectivity index (χ4v) is 2.40. The van der Waals surface area contributed by atoms with Crippen molar-refractivity contribution >= 4 is 5.91 Å². The van der Waals surface area contributed by atoms with E-state index in [2.05, 4.69) is 13.8 Å². The largest absolute Gasteiger partial charge is 0.493 e. The quantitative estimate of drug-likeness (QED) is 0.658. The summed E-state index contributed by atoms with van der Waals surface area (Å²) < 4.78 is 16.0. The van der Waals surface area contributed by atoms with Crippen LogP contribution in [0.3, 0.4) is 0 Å². The Morgan fingerprint density at radius 1 is 0.913 bits per heavy atom. The lowest BCUT2D eigenvalue weighted by Gasteiger charge is -2.23. The number of nitrogens with zero attached hydrogens (tertiary/aromatic N) is 1. The van der Waals surface area contributed by atoms with Gasteiger partial charge >= 0.3 is 0 Å². The van der Waals surface area contributed by atoms with E-state index in [1.807, 2.05) is 4.90 Å². The number of benzene rings is 1. The molecular formula is C18H29NO4. The van der Waals surface area contributed by atoms with Crippen LogP contribution in [0, 0.1) is 0 Å². The molecule has 5 heteroatoms. The minimum absolute atomic E-state index is 0.00570. The van der Waals surface area contributed by atoms with Crippen molar-refractivity contribution in [3.8, 4) is 17.2 Å². The molecule has 0 heterocycles. The van der Waals surface area contributed by atoms with E-state index in [1.54, 1.807) is 33.5 Å². The fourth-order valence-electron chi connectivity index (χ4n) is 2.40. The Morgan fingerprint density at radius 3 is 1.74 bits per heavy atom. The molecule has 0 atom stereocenters. The van der Waals surface area contributed by atoms with Gasteiger partial charge in [-0.25, -0.2) is 0 Å². The van der Waals surface area contributed by atoms with Gasteiger partial charge in [-0.1, -0.05) is 26.7 Å². The maximum absolute atomic E-state index is 12.9. The average molecular weight is 323 g/mol. The lowest BCUT2D eigenvalue weighted by atomic mass is 10.1. The van der Waals surface area contributed by atoms with Crippen molar-refractivity contribution in [2.24, 2.45) is 0 Å². The molecule has 0 N–H and O–H groups in total. The molecule has 0 unspecified atom stereocenters. The molecule has 0 saturated heterocycles. The van der Waals surface area contributed by atoms with Gasteiger partial charge in [0.05, 0.1) is 21.3 Å². The first-order valence-corrected chi connectivity index (χ1v) is 8.22. The number of hydrogen-bond acceptors (Lipinski definition) is 4. The SMILES string of the molecule is CCCCN(CCCC)C(=O)c1cc(OC)c(OC)c(OC)c1. The van der Waals surface area contributed by atoms with Gasteiger partial charge in [0.15, 0.2) is 11.5 Å². The van der Waals surface area contributed by atoms with E-state index in [9.17, 15) is 4.79 Å². The van der Waals surface area contributed by atoms with Crippen molar-refractivity contribution in [1.82, 2.24) is 4.90 Å². The van der Waals surface area contributed by atoms with Crippen LogP contribution in [0.15, 0.2) is 12.1 Å². The summed E-state index contributed by atoms with van der Waals surface area (Å²) in [5.41, 5.74) is 0.562. The van der Waals surface area contributed by atoms with Crippen LogP contribution in [0.1, 0.15) is 49.9 Å². The van der Waals surface area contributed by atoms with Crippen LogP contribution in [0.4, 0.5) is 0 Å². The minimum atomic E-state index is 0.00570. The Balaban J connectivity index is 3.12. The molecule has 0 aromatic heterocycles. The normalized spacial score (nSPS) is 10.3. The van der Waals surface area contributed by atoms with Crippen molar-refractivity contribution in [1.29, 1.82) is 0 Å². The Labute approximate surface area is 139 Å². The van der Waals surface area contributed by atoms with E-state index >= 15 is 0 Å². The molecule has 0 bridgehead atoms. The molecule has 0 aliphatic heterocycles. The van der Waals surface area contributed by atoms with Crippen LogP contribution in [0.5, 0.6) is 17.2 Å². The molecule has 0 saturated carbocycles. The number of unbranched alkanes of at least 4 members (excludes halogenated alkanes) is 2. The molecule has 0 aliphatic rings. The number of amides is 1.